The SMILES string of the molecule is CC(C)=CCn1c(=O)nc(N)c2[nH]cnc21. The van der Waals surface area contributed by atoms with Crippen LogP contribution in [-0.4, -0.2) is 19.5 Å². The van der Waals surface area contributed by atoms with Gasteiger partial charge in [0.1, 0.15) is 5.52 Å². The molecule has 2 rings (SSSR count). The molecule has 0 saturated carbocycles. The molecule has 0 atom stereocenters. The van der Waals surface area contributed by atoms with E-state index in [2.05, 4.69) is 15.0 Å². The van der Waals surface area contributed by atoms with Crippen LogP contribution in [0.3, 0.4) is 0 Å². The first kappa shape index (κ1) is 10.4. The highest BCUT2D eigenvalue weighted by molar-refractivity contribution is 5.80. The zero-order valence-corrected chi connectivity index (χ0v) is 9.19. The van der Waals surface area contributed by atoms with Crippen molar-refractivity contribution >= 4 is 17.0 Å². The van der Waals surface area contributed by atoms with Crippen LogP contribution in [0.4, 0.5) is 5.82 Å². The molecule has 2 aromatic rings. The molecular formula is C10H13N5O. The van der Waals surface area contributed by atoms with E-state index in [0.29, 0.717) is 17.7 Å². The van der Waals surface area contributed by atoms with Crippen LogP contribution in [0, 0.1) is 0 Å². The summed E-state index contributed by atoms with van der Waals surface area (Å²) in [7, 11) is 0. The normalized spacial score (nSPS) is 10.6. The Labute approximate surface area is 91.8 Å². The minimum Gasteiger partial charge on any atom is -0.382 e. The molecule has 0 aliphatic heterocycles. The lowest BCUT2D eigenvalue weighted by Gasteiger charge is -2.04. The molecule has 0 aromatic carbocycles. The molecule has 0 bridgehead atoms. The van der Waals surface area contributed by atoms with E-state index in [4.69, 9.17) is 5.73 Å². The molecule has 0 fully saturated rings. The molecule has 0 spiro atoms. The molecule has 0 saturated heterocycles. The molecular weight excluding hydrogens is 206 g/mol. The molecule has 0 radical (unpaired) electrons. The summed E-state index contributed by atoms with van der Waals surface area (Å²) < 4.78 is 1.48. The van der Waals surface area contributed by atoms with Gasteiger partial charge in [-0.15, -0.1) is 0 Å². The Balaban J connectivity index is 2.64. The summed E-state index contributed by atoms with van der Waals surface area (Å²) in [6.45, 7) is 4.39. The molecule has 0 aliphatic rings. The van der Waals surface area contributed by atoms with Crippen LogP contribution in [-0.2, 0) is 6.54 Å². The number of nitrogens with one attached hydrogen (secondary N) is 1. The van der Waals surface area contributed by atoms with Crippen molar-refractivity contribution in [3.63, 3.8) is 0 Å². The van der Waals surface area contributed by atoms with Crippen LogP contribution in [0.25, 0.3) is 11.2 Å². The van der Waals surface area contributed by atoms with Gasteiger partial charge in [0.15, 0.2) is 11.5 Å². The Hall–Kier alpha value is -2.11. The van der Waals surface area contributed by atoms with Crippen molar-refractivity contribution in [2.75, 3.05) is 5.73 Å². The smallest absolute Gasteiger partial charge is 0.351 e. The highest BCUT2D eigenvalue weighted by atomic mass is 16.1. The number of aromatic amines is 1. The summed E-state index contributed by atoms with van der Waals surface area (Å²) in [5.41, 5.74) is 7.50. The van der Waals surface area contributed by atoms with Crippen molar-refractivity contribution in [3.8, 4) is 0 Å². The lowest BCUT2D eigenvalue weighted by molar-refractivity contribution is 0.769. The second kappa shape index (κ2) is 3.80. The summed E-state index contributed by atoms with van der Waals surface area (Å²) >= 11 is 0. The summed E-state index contributed by atoms with van der Waals surface area (Å²) in [6, 6.07) is 0. The maximum Gasteiger partial charge on any atom is 0.351 e. The van der Waals surface area contributed by atoms with Crippen LogP contribution in [0.2, 0.25) is 0 Å². The number of rotatable bonds is 2. The average Bonchev–Trinajstić information content (AvgIpc) is 2.65. The Morgan fingerprint density at radius 1 is 1.62 bits per heavy atom. The summed E-state index contributed by atoms with van der Waals surface area (Å²) in [5.74, 6) is 0.186. The molecule has 16 heavy (non-hydrogen) atoms. The lowest BCUT2D eigenvalue weighted by Crippen LogP contribution is -2.24. The quantitative estimate of drug-likeness (QED) is 0.726. The van der Waals surface area contributed by atoms with E-state index >= 15 is 0 Å². The minimum atomic E-state index is -0.380. The van der Waals surface area contributed by atoms with Gasteiger partial charge in [0, 0.05) is 6.54 Å². The number of hydrogen-bond acceptors (Lipinski definition) is 4. The van der Waals surface area contributed by atoms with Crippen molar-refractivity contribution in [2.24, 2.45) is 0 Å². The maximum absolute atomic E-state index is 11.7. The van der Waals surface area contributed by atoms with Gasteiger partial charge in [-0.2, -0.15) is 4.98 Å². The Morgan fingerprint density at radius 2 is 2.38 bits per heavy atom. The second-order valence-electron chi connectivity index (χ2n) is 3.77. The van der Waals surface area contributed by atoms with Crippen molar-refractivity contribution in [3.05, 3.63) is 28.5 Å². The number of imidazole rings is 1. The van der Waals surface area contributed by atoms with Gasteiger partial charge in [0.25, 0.3) is 0 Å². The van der Waals surface area contributed by atoms with Crippen LogP contribution < -0.4 is 11.4 Å². The van der Waals surface area contributed by atoms with Crippen molar-refractivity contribution in [2.45, 2.75) is 20.4 Å². The number of aromatic nitrogens is 4. The van der Waals surface area contributed by atoms with Gasteiger partial charge in [-0.3, -0.25) is 4.57 Å². The first-order valence-corrected chi connectivity index (χ1v) is 4.92. The number of nitrogen functional groups attached to an aromatic ring is 1. The van der Waals surface area contributed by atoms with E-state index in [-0.39, 0.29) is 11.5 Å². The maximum atomic E-state index is 11.7. The third-order valence-electron chi connectivity index (χ3n) is 2.26. The number of nitrogens with zero attached hydrogens (tertiary/aromatic N) is 3. The second-order valence-corrected chi connectivity index (χ2v) is 3.77. The molecule has 0 amide bonds. The highest BCUT2D eigenvalue weighted by Crippen LogP contribution is 2.11. The number of allylic oxidation sites excluding steroid dienone is 2. The van der Waals surface area contributed by atoms with Crippen LogP contribution in [0.15, 0.2) is 22.8 Å². The highest BCUT2D eigenvalue weighted by Gasteiger charge is 2.09. The molecule has 3 N–H and O–H groups in total. The fourth-order valence-corrected chi connectivity index (χ4v) is 1.43. The fourth-order valence-electron chi connectivity index (χ4n) is 1.43. The monoisotopic (exact) mass is 219 g/mol. The first-order chi connectivity index (χ1) is 7.59. The van der Waals surface area contributed by atoms with E-state index in [1.54, 1.807) is 0 Å². The van der Waals surface area contributed by atoms with Crippen molar-refractivity contribution in [1.82, 2.24) is 19.5 Å². The van der Waals surface area contributed by atoms with Gasteiger partial charge in [-0.25, -0.2) is 9.78 Å². The third kappa shape index (κ3) is 1.69. The van der Waals surface area contributed by atoms with Gasteiger partial charge in [-0.05, 0) is 13.8 Å². The Kier molecular flexibility index (Phi) is 2.47. The molecule has 0 unspecified atom stereocenters. The van der Waals surface area contributed by atoms with Gasteiger partial charge in [0.05, 0.1) is 6.33 Å². The predicted octanol–water partition coefficient (Wildman–Crippen LogP) is 0.668. The van der Waals surface area contributed by atoms with Crippen LogP contribution in [0.5, 0.6) is 0 Å². The summed E-state index contributed by atoms with van der Waals surface area (Å²) in [5, 5.41) is 0. The molecule has 0 aliphatic carbocycles. The zero-order chi connectivity index (χ0) is 11.7. The van der Waals surface area contributed by atoms with Gasteiger partial charge in [-0.1, -0.05) is 11.6 Å². The van der Waals surface area contributed by atoms with Gasteiger partial charge < -0.3 is 10.7 Å². The number of fused-ring (bicyclic) bond motifs is 1. The number of anilines is 1. The number of H-pyrrole nitrogens is 1. The molecule has 84 valence electrons. The van der Waals surface area contributed by atoms with Gasteiger partial charge >= 0.3 is 5.69 Å². The van der Waals surface area contributed by atoms with Crippen LogP contribution >= 0.6 is 0 Å². The lowest BCUT2D eigenvalue weighted by atomic mass is 10.3. The Bertz CT molecular complexity index is 603. The van der Waals surface area contributed by atoms with E-state index in [1.165, 1.54) is 10.9 Å². The fraction of sp³-hybridized carbons (Fsp3) is 0.300. The zero-order valence-electron chi connectivity index (χ0n) is 9.19. The number of hydrogen-bond donors (Lipinski definition) is 2. The van der Waals surface area contributed by atoms with Crippen molar-refractivity contribution < 1.29 is 0 Å². The average molecular weight is 219 g/mol. The van der Waals surface area contributed by atoms with Gasteiger partial charge in [0.2, 0.25) is 0 Å². The topological polar surface area (TPSA) is 89.6 Å². The predicted molar refractivity (Wildman–Crippen MR) is 62.0 cm³/mol. The van der Waals surface area contributed by atoms with E-state index in [1.807, 2.05) is 19.9 Å². The molecule has 2 heterocycles. The standard InChI is InChI=1S/C10H13N5O/c1-6(2)3-4-15-9-7(12-5-13-9)8(11)14-10(15)16/h3,5H,4H2,1-2H3,(H,12,13)(H2,11,14,16). The number of nitrogens with two attached hydrogens (primary N) is 1. The van der Waals surface area contributed by atoms with E-state index in [9.17, 15) is 4.79 Å². The largest absolute Gasteiger partial charge is 0.382 e. The molecule has 6 heteroatoms. The molecule has 2 aromatic heterocycles. The summed E-state index contributed by atoms with van der Waals surface area (Å²) in [4.78, 5) is 22.3. The van der Waals surface area contributed by atoms with E-state index < -0.39 is 0 Å². The molecule has 6 nitrogen and oxygen atoms in total. The van der Waals surface area contributed by atoms with Crippen molar-refractivity contribution in [1.29, 1.82) is 0 Å². The summed E-state index contributed by atoms with van der Waals surface area (Å²) in [6.07, 6.45) is 3.44. The first-order valence-electron chi connectivity index (χ1n) is 4.92. The Morgan fingerprint density at radius 3 is 3.06 bits per heavy atom. The third-order valence-corrected chi connectivity index (χ3v) is 2.26. The van der Waals surface area contributed by atoms with E-state index in [0.717, 1.165) is 5.57 Å². The minimum absolute atomic E-state index is 0.186. The van der Waals surface area contributed by atoms with Crippen LogP contribution in [0.1, 0.15) is 13.8 Å².